The molecule has 1 aromatic heterocycles. The van der Waals surface area contributed by atoms with E-state index in [-0.39, 0.29) is 10.8 Å². The van der Waals surface area contributed by atoms with Crippen LogP contribution >= 0.6 is 12.2 Å². The number of nitrogens with two attached hydrogens (primary N) is 1. The first-order valence-corrected chi connectivity index (χ1v) is 5.75. The third-order valence-electron chi connectivity index (χ3n) is 2.38. The van der Waals surface area contributed by atoms with E-state index in [2.05, 4.69) is 15.6 Å². The second-order valence-electron chi connectivity index (χ2n) is 3.65. The zero-order valence-corrected chi connectivity index (χ0v) is 10.3. The Labute approximate surface area is 109 Å². The van der Waals surface area contributed by atoms with Crippen LogP contribution in [0.25, 0.3) is 0 Å². The minimum Gasteiger partial charge on any atom is -0.389 e. The van der Waals surface area contributed by atoms with Crippen LogP contribution in [0.1, 0.15) is 5.56 Å². The van der Waals surface area contributed by atoms with E-state index < -0.39 is 0 Å². The minimum atomic E-state index is -0.361. The van der Waals surface area contributed by atoms with E-state index >= 15 is 0 Å². The van der Waals surface area contributed by atoms with Crippen molar-refractivity contribution >= 4 is 22.9 Å². The molecule has 2 aromatic rings. The highest BCUT2D eigenvalue weighted by Crippen LogP contribution is 2.16. The minimum absolute atomic E-state index is 0.165. The van der Waals surface area contributed by atoms with Crippen molar-refractivity contribution in [1.29, 1.82) is 0 Å². The molecule has 0 amide bonds. The van der Waals surface area contributed by atoms with Crippen molar-refractivity contribution in [3.8, 4) is 0 Å². The Bertz CT molecular complexity index is 540. The van der Waals surface area contributed by atoms with Crippen molar-refractivity contribution in [1.82, 2.24) is 15.0 Å². The highest BCUT2D eigenvalue weighted by atomic mass is 32.1. The van der Waals surface area contributed by atoms with E-state index in [1.54, 1.807) is 23.1 Å². The van der Waals surface area contributed by atoms with Gasteiger partial charge in [-0.05, 0) is 18.2 Å². The standard InChI is InChI=1S/C11H12FN5S/c12-8-1-2-10(9(7-8)11(13)18)14-3-5-17-6-4-15-16-17/h1-2,4,6-7,14H,3,5H2,(H2,13,18). The average molecular weight is 265 g/mol. The third-order valence-corrected chi connectivity index (χ3v) is 2.60. The number of anilines is 1. The molecule has 18 heavy (non-hydrogen) atoms. The predicted octanol–water partition coefficient (Wildman–Crippen LogP) is 1.16. The fraction of sp³-hybridized carbons (Fsp3) is 0.182. The molecule has 3 N–H and O–H groups in total. The topological polar surface area (TPSA) is 68.8 Å². The van der Waals surface area contributed by atoms with Gasteiger partial charge in [0.15, 0.2) is 0 Å². The predicted molar refractivity (Wildman–Crippen MR) is 70.8 cm³/mol. The van der Waals surface area contributed by atoms with Gasteiger partial charge in [-0.15, -0.1) is 5.10 Å². The Morgan fingerprint density at radius 2 is 2.33 bits per heavy atom. The van der Waals surface area contributed by atoms with Gasteiger partial charge in [-0.1, -0.05) is 17.4 Å². The van der Waals surface area contributed by atoms with Gasteiger partial charge in [0.2, 0.25) is 0 Å². The summed E-state index contributed by atoms with van der Waals surface area (Å²) >= 11 is 4.88. The van der Waals surface area contributed by atoms with Crippen LogP contribution in [0.5, 0.6) is 0 Å². The molecule has 1 aromatic carbocycles. The lowest BCUT2D eigenvalue weighted by Crippen LogP contribution is -2.16. The van der Waals surface area contributed by atoms with Crippen molar-refractivity contribution in [2.75, 3.05) is 11.9 Å². The molecule has 0 atom stereocenters. The molecule has 94 valence electrons. The molecule has 0 saturated carbocycles. The molecular formula is C11H12FN5S. The fourth-order valence-electron chi connectivity index (χ4n) is 1.53. The Kier molecular flexibility index (Phi) is 3.83. The smallest absolute Gasteiger partial charge is 0.124 e. The third kappa shape index (κ3) is 3.01. The summed E-state index contributed by atoms with van der Waals surface area (Å²) in [7, 11) is 0. The van der Waals surface area contributed by atoms with Gasteiger partial charge in [-0.3, -0.25) is 4.68 Å². The molecule has 0 aliphatic heterocycles. The molecule has 0 unspecified atom stereocenters. The Morgan fingerprint density at radius 1 is 1.50 bits per heavy atom. The van der Waals surface area contributed by atoms with E-state index in [1.165, 1.54) is 12.1 Å². The normalized spacial score (nSPS) is 10.3. The van der Waals surface area contributed by atoms with Gasteiger partial charge in [-0.25, -0.2) is 4.39 Å². The van der Waals surface area contributed by atoms with Crippen molar-refractivity contribution in [2.24, 2.45) is 5.73 Å². The first-order valence-electron chi connectivity index (χ1n) is 5.34. The van der Waals surface area contributed by atoms with Gasteiger partial charge in [-0.2, -0.15) is 0 Å². The fourth-order valence-corrected chi connectivity index (χ4v) is 1.70. The van der Waals surface area contributed by atoms with Crippen LogP contribution in [-0.2, 0) is 6.54 Å². The quantitative estimate of drug-likeness (QED) is 0.794. The van der Waals surface area contributed by atoms with Crippen LogP contribution < -0.4 is 11.1 Å². The molecule has 7 heteroatoms. The monoisotopic (exact) mass is 265 g/mol. The lowest BCUT2D eigenvalue weighted by atomic mass is 10.1. The number of benzene rings is 1. The van der Waals surface area contributed by atoms with Crippen molar-refractivity contribution in [3.63, 3.8) is 0 Å². The maximum Gasteiger partial charge on any atom is 0.124 e. The maximum atomic E-state index is 13.1. The highest BCUT2D eigenvalue weighted by molar-refractivity contribution is 7.80. The van der Waals surface area contributed by atoms with Gasteiger partial charge in [0.25, 0.3) is 0 Å². The van der Waals surface area contributed by atoms with Crippen molar-refractivity contribution in [3.05, 3.63) is 42.0 Å². The number of hydrogen-bond donors (Lipinski definition) is 2. The van der Waals surface area contributed by atoms with Gasteiger partial charge in [0, 0.05) is 24.0 Å². The Morgan fingerprint density at radius 3 is 3.00 bits per heavy atom. The summed E-state index contributed by atoms with van der Waals surface area (Å²) in [4.78, 5) is 0.165. The van der Waals surface area contributed by atoms with Gasteiger partial charge in [0.1, 0.15) is 10.8 Å². The van der Waals surface area contributed by atoms with E-state index in [0.29, 0.717) is 24.3 Å². The summed E-state index contributed by atoms with van der Waals surface area (Å²) in [5.74, 6) is -0.361. The van der Waals surface area contributed by atoms with Crippen molar-refractivity contribution < 1.29 is 4.39 Å². The number of aromatic nitrogens is 3. The zero-order chi connectivity index (χ0) is 13.0. The number of halogens is 1. The maximum absolute atomic E-state index is 13.1. The molecule has 0 fully saturated rings. The summed E-state index contributed by atoms with van der Waals surface area (Å²) in [5, 5.41) is 10.7. The number of rotatable bonds is 5. The summed E-state index contributed by atoms with van der Waals surface area (Å²) in [5.41, 5.74) is 6.76. The highest BCUT2D eigenvalue weighted by Gasteiger charge is 2.06. The lowest BCUT2D eigenvalue weighted by molar-refractivity contribution is 0.608. The summed E-state index contributed by atoms with van der Waals surface area (Å²) in [6.07, 6.45) is 3.37. The first kappa shape index (κ1) is 12.4. The summed E-state index contributed by atoms with van der Waals surface area (Å²) < 4.78 is 14.8. The second kappa shape index (κ2) is 5.54. The first-order chi connectivity index (χ1) is 8.66. The van der Waals surface area contributed by atoms with Gasteiger partial charge < -0.3 is 11.1 Å². The largest absolute Gasteiger partial charge is 0.389 e. The molecular weight excluding hydrogens is 253 g/mol. The van der Waals surface area contributed by atoms with Crippen LogP contribution in [0.4, 0.5) is 10.1 Å². The lowest BCUT2D eigenvalue weighted by Gasteiger charge is -2.11. The molecule has 0 aliphatic rings. The van der Waals surface area contributed by atoms with Gasteiger partial charge in [0.05, 0.1) is 12.7 Å². The molecule has 0 saturated heterocycles. The average Bonchev–Trinajstić information content (AvgIpc) is 2.84. The van der Waals surface area contributed by atoms with E-state index in [9.17, 15) is 4.39 Å². The van der Waals surface area contributed by atoms with Crippen LogP contribution in [0.15, 0.2) is 30.6 Å². The number of thiocarbonyl (C=S) groups is 1. The van der Waals surface area contributed by atoms with Gasteiger partial charge >= 0.3 is 0 Å². The Hall–Kier alpha value is -2.02. The van der Waals surface area contributed by atoms with E-state index in [4.69, 9.17) is 18.0 Å². The molecule has 5 nitrogen and oxygen atoms in total. The van der Waals surface area contributed by atoms with E-state index in [0.717, 1.165) is 0 Å². The molecule has 0 radical (unpaired) electrons. The SMILES string of the molecule is NC(=S)c1cc(F)ccc1NCCn1ccnn1. The van der Waals surface area contributed by atoms with Crippen LogP contribution in [0, 0.1) is 5.82 Å². The number of nitrogens with one attached hydrogen (secondary N) is 1. The molecule has 1 heterocycles. The van der Waals surface area contributed by atoms with Crippen LogP contribution in [0.3, 0.4) is 0 Å². The van der Waals surface area contributed by atoms with Crippen LogP contribution in [-0.4, -0.2) is 26.5 Å². The van der Waals surface area contributed by atoms with Crippen LogP contribution in [0.2, 0.25) is 0 Å². The molecule has 2 rings (SSSR count). The van der Waals surface area contributed by atoms with E-state index in [1.807, 2.05) is 0 Å². The summed E-state index contributed by atoms with van der Waals surface area (Å²) in [6.45, 7) is 1.26. The summed E-state index contributed by atoms with van der Waals surface area (Å²) in [6, 6.07) is 4.30. The number of nitrogens with zero attached hydrogens (tertiary/aromatic N) is 3. The molecule has 0 bridgehead atoms. The number of hydrogen-bond acceptors (Lipinski definition) is 4. The van der Waals surface area contributed by atoms with Crippen molar-refractivity contribution in [2.45, 2.75) is 6.54 Å². The second-order valence-corrected chi connectivity index (χ2v) is 4.09. The Balaban J connectivity index is 2.02. The molecule has 0 spiro atoms. The zero-order valence-electron chi connectivity index (χ0n) is 9.51. The molecule has 0 aliphatic carbocycles.